The van der Waals surface area contributed by atoms with Gasteiger partial charge in [-0.05, 0) is 23.8 Å². The molecule has 3 aromatic rings. The van der Waals surface area contributed by atoms with Crippen LogP contribution in [0.1, 0.15) is 16.1 Å². The number of aromatic nitrogens is 1. The smallest absolute Gasteiger partial charge is 0.268 e. The topological polar surface area (TPSA) is 48.1 Å². The molecule has 2 heterocycles. The minimum Gasteiger partial charge on any atom is -0.378 e. The second kappa shape index (κ2) is 6.43. The van der Waals surface area contributed by atoms with E-state index in [9.17, 15) is 4.79 Å². The van der Waals surface area contributed by atoms with Crippen LogP contribution in [0.5, 0.6) is 0 Å². The molecule has 0 radical (unpaired) electrons. The number of nitrogens with zero attached hydrogens (tertiary/aromatic N) is 1. The summed E-state index contributed by atoms with van der Waals surface area (Å²) in [5.74, 6) is -0.169. The minimum absolute atomic E-state index is 0.169. The van der Waals surface area contributed by atoms with Crippen LogP contribution >= 0.6 is 34.5 Å². The molecule has 0 fully saturated rings. The Morgan fingerprint density at radius 3 is 2.57 bits per heavy atom. The van der Waals surface area contributed by atoms with Crippen molar-refractivity contribution in [1.29, 1.82) is 0 Å². The number of carbonyl (C=O) groups excluding carboxylic acids is 1. The Morgan fingerprint density at radius 1 is 1.26 bits per heavy atom. The third kappa shape index (κ3) is 3.32. The molecule has 0 aliphatic carbocycles. The first kappa shape index (κ1) is 16.2. The Labute approximate surface area is 148 Å². The van der Waals surface area contributed by atoms with Gasteiger partial charge in [0.15, 0.2) is 0 Å². The van der Waals surface area contributed by atoms with Gasteiger partial charge >= 0.3 is 0 Å². The van der Waals surface area contributed by atoms with Gasteiger partial charge in [-0.15, -0.1) is 11.3 Å². The lowest BCUT2D eigenvalue weighted by Gasteiger charge is -2.12. The first-order chi connectivity index (χ1) is 11.0. The van der Waals surface area contributed by atoms with Crippen molar-refractivity contribution in [3.63, 3.8) is 0 Å². The maximum Gasteiger partial charge on any atom is 0.268 e. The largest absolute Gasteiger partial charge is 0.378 e. The van der Waals surface area contributed by atoms with Crippen molar-refractivity contribution < 1.29 is 4.79 Å². The average Bonchev–Trinajstić information content (AvgIpc) is 3.06. The van der Waals surface area contributed by atoms with Crippen LogP contribution in [0, 0.1) is 0 Å². The van der Waals surface area contributed by atoms with Crippen molar-refractivity contribution in [1.82, 2.24) is 10.3 Å². The van der Waals surface area contributed by atoms with Crippen molar-refractivity contribution in [2.45, 2.75) is 6.54 Å². The van der Waals surface area contributed by atoms with Gasteiger partial charge in [-0.3, -0.25) is 4.79 Å². The zero-order chi connectivity index (χ0) is 16.6. The van der Waals surface area contributed by atoms with Crippen molar-refractivity contribution >= 4 is 56.3 Å². The van der Waals surface area contributed by atoms with Gasteiger partial charge in [0.05, 0.1) is 15.2 Å². The van der Waals surface area contributed by atoms with E-state index in [4.69, 9.17) is 23.2 Å². The third-order valence-electron chi connectivity index (χ3n) is 3.52. The summed E-state index contributed by atoms with van der Waals surface area (Å²) in [4.78, 5) is 17.3. The number of aromatic amines is 1. The van der Waals surface area contributed by atoms with E-state index in [-0.39, 0.29) is 5.91 Å². The molecule has 0 saturated carbocycles. The van der Waals surface area contributed by atoms with Gasteiger partial charge < -0.3 is 15.2 Å². The van der Waals surface area contributed by atoms with Crippen LogP contribution < -0.4 is 10.2 Å². The Balaban J connectivity index is 1.68. The molecular weight excluding hydrogens is 353 g/mol. The summed E-state index contributed by atoms with van der Waals surface area (Å²) in [6, 6.07) is 9.81. The second-order valence-electron chi connectivity index (χ2n) is 5.36. The molecule has 0 bridgehead atoms. The fraction of sp³-hybridized carbons (Fsp3) is 0.188. The molecule has 1 amide bonds. The molecule has 7 heteroatoms. The molecule has 2 aromatic heterocycles. The monoisotopic (exact) mass is 367 g/mol. The SMILES string of the molecule is CN(C)c1ccc(CNC(=O)c2cc3sc(Cl)c(Cl)c3[nH]2)cc1. The minimum atomic E-state index is -0.169. The molecule has 1 aromatic carbocycles. The molecular formula is C16H15Cl2N3OS. The van der Waals surface area contributed by atoms with Crippen LogP contribution in [-0.2, 0) is 6.54 Å². The Morgan fingerprint density at radius 2 is 1.96 bits per heavy atom. The lowest BCUT2D eigenvalue weighted by atomic mass is 10.2. The molecule has 0 aliphatic heterocycles. The number of hydrogen-bond donors (Lipinski definition) is 2. The van der Waals surface area contributed by atoms with Gasteiger partial charge in [-0.1, -0.05) is 35.3 Å². The third-order valence-corrected chi connectivity index (χ3v) is 5.46. The first-order valence-electron chi connectivity index (χ1n) is 6.96. The van der Waals surface area contributed by atoms with E-state index in [1.54, 1.807) is 6.07 Å². The molecule has 3 rings (SSSR count). The number of halogens is 2. The van der Waals surface area contributed by atoms with Crippen LogP contribution in [0.25, 0.3) is 10.2 Å². The number of rotatable bonds is 4. The van der Waals surface area contributed by atoms with E-state index in [2.05, 4.69) is 10.3 Å². The number of nitrogens with one attached hydrogen (secondary N) is 2. The molecule has 0 saturated heterocycles. The molecule has 120 valence electrons. The Kier molecular flexibility index (Phi) is 4.53. The van der Waals surface area contributed by atoms with Crippen LogP contribution in [0.15, 0.2) is 30.3 Å². The highest BCUT2D eigenvalue weighted by Gasteiger charge is 2.15. The lowest BCUT2D eigenvalue weighted by molar-refractivity contribution is 0.0947. The number of hydrogen-bond acceptors (Lipinski definition) is 3. The zero-order valence-corrected chi connectivity index (χ0v) is 14.9. The highest BCUT2D eigenvalue weighted by molar-refractivity contribution is 7.23. The van der Waals surface area contributed by atoms with E-state index < -0.39 is 0 Å². The molecule has 0 atom stereocenters. The van der Waals surface area contributed by atoms with Crippen molar-refractivity contribution in [2.75, 3.05) is 19.0 Å². The number of H-pyrrole nitrogens is 1. The maximum absolute atomic E-state index is 12.2. The number of thiophene rings is 1. The van der Waals surface area contributed by atoms with Gasteiger partial charge in [-0.25, -0.2) is 0 Å². The predicted molar refractivity (Wildman–Crippen MR) is 98.1 cm³/mol. The standard InChI is InChI=1S/C16H15Cl2N3OS/c1-21(2)10-5-3-9(4-6-10)8-19-16(22)11-7-12-14(20-11)13(17)15(18)23-12/h3-7,20H,8H2,1-2H3,(H,19,22). The molecule has 0 unspecified atom stereocenters. The van der Waals surface area contributed by atoms with Crippen molar-refractivity contribution in [2.24, 2.45) is 0 Å². The molecule has 4 nitrogen and oxygen atoms in total. The lowest BCUT2D eigenvalue weighted by Crippen LogP contribution is -2.23. The predicted octanol–water partition coefficient (Wildman–Crippen LogP) is 4.53. The van der Waals surface area contributed by atoms with Crippen LogP contribution in [0.3, 0.4) is 0 Å². The summed E-state index contributed by atoms with van der Waals surface area (Å²) in [5.41, 5.74) is 3.35. The van der Waals surface area contributed by atoms with E-state index in [1.807, 2.05) is 43.3 Å². The number of anilines is 1. The normalized spacial score (nSPS) is 11.0. The van der Waals surface area contributed by atoms with Crippen LogP contribution in [0.4, 0.5) is 5.69 Å². The molecule has 0 spiro atoms. The van der Waals surface area contributed by atoms with Crippen molar-refractivity contribution in [3.05, 3.63) is 50.9 Å². The highest BCUT2D eigenvalue weighted by atomic mass is 35.5. The van der Waals surface area contributed by atoms with Gasteiger partial charge in [0.2, 0.25) is 0 Å². The van der Waals surface area contributed by atoms with Crippen molar-refractivity contribution in [3.8, 4) is 0 Å². The second-order valence-corrected chi connectivity index (χ2v) is 7.39. The van der Waals surface area contributed by atoms with Crippen LogP contribution in [0.2, 0.25) is 9.36 Å². The summed E-state index contributed by atoms with van der Waals surface area (Å²) < 4.78 is 1.40. The van der Waals surface area contributed by atoms with Gasteiger partial charge in [0, 0.05) is 26.3 Å². The van der Waals surface area contributed by atoms with E-state index >= 15 is 0 Å². The highest BCUT2D eigenvalue weighted by Crippen LogP contribution is 2.38. The van der Waals surface area contributed by atoms with E-state index in [0.717, 1.165) is 16.0 Å². The summed E-state index contributed by atoms with van der Waals surface area (Å²) >= 11 is 13.4. The number of amides is 1. The summed E-state index contributed by atoms with van der Waals surface area (Å²) in [5, 5.41) is 3.36. The first-order valence-corrected chi connectivity index (χ1v) is 8.54. The average molecular weight is 368 g/mol. The van der Waals surface area contributed by atoms with Gasteiger partial charge in [0.25, 0.3) is 5.91 Å². The maximum atomic E-state index is 12.2. The number of fused-ring (bicyclic) bond motifs is 1. The molecule has 0 aliphatic rings. The van der Waals surface area contributed by atoms with E-state index in [0.29, 0.717) is 27.1 Å². The van der Waals surface area contributed by atoms with E-state index in [1.165, 1.54) is 11.3 Å². The Bertz CT molecular complexity index is 852. The Hall–Kier alpha value is -1.69. The molecule has 23 heavy (non-hydrogen) atoms. The summed E-state index contributed by atoms with van der Waals surface area (Å²) in [7, 11) is 3.98. The fourth-order valence-electron chi connectivity index (χ4n) is 2.23. The number of carbonyl (C=O) groups is 1. The quantitative estimate of drug-likeness (QED) is 0.711. The zero-order valence-electron chi connectivity index (χ0n) is 12.6. The number of benzene rings is 1. The molecule has 2 N–H and O–H groups in total. The van der Waals surface area contributed by atoms with Crippen LogP contribution in [-0.4, -0.2) is 25.0 Å². The summed E-state index contributed by atoms with van der Waals surface area (Å²) in [6.45, 7) is 0.466. The van der Waals surface area contributed by atoms with Gasteiger partial charge in [-0.2, -0.15) is 0 Å². The van der Waals surface area contributed by atoms with Gasteiger partial charge in [0.1, 0.15) is 10.0 Å². The summed E-state index contributed by atoms with van der Waals surface area (Å²) in [6.07, 6.45) is 0. The fourth-order valence-corrected chi connectivity index (χ4v) is 3.71.